The lowest BCUT2D eigenvalue weighted by Gasteiger charge is -2.22. The van der Waals surface area contributed by atoms with E-state index in [2.05, 4.69) is 10.6 Å². The summed E-state index contributed by atoms with van der Waals surface area (Å²) in [7, 11) is 2.79. The quantitative estimate of drug-likeness (QED) is 0.608. The van der Waals surface area contributed by atoms with E-state index in [1.54, 1.807) is 31.4 Å². The fourth-order valence-electron chi connectivity index (χ4n) is 2.92. The zero-order valence-corrected chi connectivity index (χ0v) is 17.1. The van der Waals surface area contributed by atoms with Crippen LogP contribution in [0.1, 0.15) is 18.1 Å². The Labute approximate surface area is 174 Å². The third-order valence-corrected chi connectivity index (χ3v) is 4.45. The Morgan fingerprint density at radius 3 is 1.90 bits per heavy atom. The van der Waals surface area contributed by atoms with Crippen molar-refractivity contribution in [2.75, 3.05) is 14.2 Å². The molecule has 7 nitrogen and oxygen atoms in total. The molecule has 30 heavy (non-hydrogen) atoms. The number of esters is 1. The van der Waals surface area contributed by atoms with Gasteiger partial charge in [0.2, 0.25) is 11.8 Å². The summed E-state index contributed by atoms with van der Waals surface area (Å²) in [5.41, 5.74) is 1.45. The number of ether oxygens (including phenoxy) is 2. The van der Waals surface area contributed by atoms with Crippen LogP contribution in [0.4, 0.5) is 4.39 Å². The van der Waals surface area contributed by atoms with Gasteiger partial charge in [-0.15, -0.1) is 0 Å². The van der Waals surface area contributed by atoms with Crippen molar-refractivity contribution >= 4 is 17.8 Å². The Bertz CT molecular complexity index is 868. The van der Waals surface area contributed by atoms with Gasteiger partial charge in [-0.1, -0.05) is 24.3 Å². The van der Waals surface area contributed by atoms with Gasteiger partial charge in [-0.25, -0.2) is 9.18 Å². The van der Waals surface area contributed by atoms with Gasteiger partial charge in [0, 0.05) is 19.8 Å². The maximum Gasteiger partial charge on any atom is 0.328 e. The molecular formula is C22H25FN2O5. The van der Waals surface area contributed by atoms with Gasteiger partial charge in [0.15, 0.2) is 0 Å². The Morgan fingerprint density at radius 1 is 0.867 bits per heavy atom. The van der Waals surface area contributed by atoms with Crippen molar-refractivity contribution in [3.63, 3.8) is 0 Å². The van der Waals surface area contributed by atoms with Crippen LogP contribution >= 0.6 is 0 Å². The molecule has 0 radical (unpaired) electrons. The van der Waals surface area contributed by atoms with Gasteiger partial charge in [-0.3, -0.25) is 9.59 Å². The zero-order chi connectivity index (χ0) is 22.1. The second-order valence-electron chi connectivity index (χ2n) is 6.72. The number of methoxy groups -OCH3 is 2. The second kappa shape index (κ2) is 10.9. The normalized spacial score (nSPS) is 12.4. The second-order valence-corrected chi connectivity index (χ2v) is 6.72. The van der Waals surface area contributed by atoms with Crippen LogP contribution < -0.4 is 15.4 Å². The molecular weight excluding hydrogens is 391 g/mol. The lowest BCUT2D eigenvalue weighted by Crippen LogP contribution is -2.53. The van der Waals surface area contributed by atoms with Gasteiger partial charge >= 0.3 is 5.97 Å². The summed E-state index contributed by atoms with van der Waals surface area (Å²) in [6.07, 6.45) is 0.341. The highest BCUT2D eigenvalue weighted by atomic mass is 19.1. The van der Waals surface area contributed by atoms with Crippen molar-refractivity contribution in [1.29, 1.82) is 0 Å². The molecule has 0 unspecified atom stereocenters. The average molecular weight is 416 g/mol. The predicted octanol–water partition coefficient (Wildman–Crippen LogP) is 1.78. The Hall–Kier alpha value is -3.42. The van der Waals surface area contributed by atoms with E-state index in [9.17, 15) is 18.8 Å². The smallest absolute Gasteiger partial charge is 0.328 e. The van der Waals surface area contributed by atoms with E-state index in [0.717, 1.165) is 5.56 Å². The molecule has 0 fully saturated rings. The monoisotopic (exact) mass is 416 g/mol. The Kier molecular flexibility index (Phi) is 8.34. The number of benzene rings is 2. The molecule has 160 valence electrons. The van der Waals surface area contributed by atoms with Crippen LogP contribution in [0.2, 0.25) is 0 Å². The summed E-state index contributed by atoms with van der Waals surface area (Å²) in [5, 5.41) is 5.22. The fourth-order valence-corrected chi connectivity index (χ4v) is 2.92. The van der Waals surface area contributed by atoms with Crippen molar-refractivity contribution in [2.24, 2.45) is 0 Å². The highest BCUT2D eigenvalue weighted by Gasteiger charge is 2.27. The molecule has 0 saturated heterocycles. The summed E-state index contributed by atoms with van der Waals surface area (Å²) in [6, 6.07) is 10.8. The van der Waals surface area contributed by atoms with Gasteiger partial charge in [-0.2, -0.15) is 0 Å². The highest BCUT2D eigenvalue weighted by Crippen LogP contribution is 2.13. The first-order valence-electron chi connectivity index (χ1n) is 9.35. The van der Waals surface area contributed by atoms with E-state index in [1.165, 1.54) is 38.3 Å². The molecule has 0 aliphatic carbocycles. The number of halogens is 1. The fraction of sp³-hybridized carbons (Fsp3) is 0.318. The van der Waals surface area contributed by atoms with Crippen LogP contribution in [-0.2, 0) is 32.0 Å². The molecule has 8 heteroatoms. The third kappa shape index (κ3) is 6.88. The summed E-state index contributed by atoms with van der Waals surface area (Å²) in [4.78, 5) is 36.6. The number of carbonyl (C=O) groups is 3. The Morgan fingerprint density at radius 2 is 1.40 bits per heavy atom. The van der Waals surface area contributed by atoms with Crippen LogP contribution in [-0.4, -0.2) is 44.1 Å². The molecule has 0 aromatic heterocycles. The van der Waals surface area contributed by atoms with Crippen LogP contribution in [0, 0.1) is 5.82 Å². The molecule has 0 heterocycles. The van der Waals surface area contributed by atoms with E-state index in [1.807, 2.05) is 0 Å². The van der Waals surface area contributed by atoms with Crippen molar-refractivity contribution in [3.05, 3.63) is 65.5 Å². The topological polar surface area (TPSA) is 93.7 Å². The molecule has 0 aliphatic rings. The number of amides is 2. The SMILES string of the molecule is COC(=O)[C@@H](Cc1ccc(OC)cc1)NC(=O)[C@@H](Cc1ccc(F)cc1)NC(C)=O. The molecule has 2 rings (SSSR count). The highest BCUT2D eigenvalue weighted by molar-refractivity contribution is 5.90. The van der Waals surface area contributed by atoms with Crippen LogP contribution in [0.5, 0.6) is 5.75 Å². The predicted molar refractivity (Wildman–Crippen MR) is 108 cm³/mol. The largest absolute Gasteiger partial charge is 0.497 e. The third-order valence-electron chi connectivity index (χ3n) is 4.45. The lowest BCUT2D eigenvalue weighted by molar-refractivity contribution is -0.145. The van der Waals surface area contributed by atoms with Gasteiger partial charge < -0.3 is 20.1 Å². The molecule has 2 N–H and O–H groups in total. The number of nitrogens with one attached hydrogen (secondary N) is 2. The van der Waals surface area contributed by atoms with Crippen molar-refractivity contribution in [3.8, 4) is 5.75 Å². The molecule has 2 atom stereocenters. The van der Waals surface area contributed by atoms with E-state index in [0.29, 0.717) is 11.3 Å². The molecule has 2 aromatic rings. The number of carbonyl (C=O) groups excluding carboxylic acids is 3. The van der Waals surface area contributed by atoms with Crippen LogP contribution in [0.15, 0.2) is 48.5 Å². The van der Waals surface area contributed by atoms with E-state index in [-0.39, 0.29) is 12.8 Å². The number of hydrogen-bond acceptors (Lipinski definition) is 5. The minimum absolute atomic E-state index is 0.141. The summed E-state index contributed by atoms with van der Waals surface area (Å²) >= 11 is 0. The van der Waals surface area contributed by atoms with E-state index in [4.69, 9.17) is 9.47 Å². The van der Waals surface area contributed by atoms with Gasteiger partial charge in [0.05, 0.1) is 14.2 Å². The zero-order valence-electron chi connectivity index (χ0n) is 17.1. The van der Waals surface area contributed by atoms with Gasteiger partial charge in [0.1, 0.15) is 23.7 Å². The minimum Gasteiger partial charge on any atom is -0.497 e. The maximum atomic E-state index is 13.1. The molecule has 0 bridgehead atoms. The number of rotatable bonds is 9. The molecule has 0 spiro atoms. The van der Waals surface area contributed by atoms with Crippen LogP contribution in [0.3, 0.4) is 0 Å². The maximum absolute atomic E-state index is 13.1. The van der Waals surface area contributed by atoms with Gasteiger partial charge in [0.25, 0.3) is 0 Å². The lowest BCUT2D eigenvalue weighted by atomic mass is 10.0. The molecule has 0 aliphatic heterocycles. The molecule has 2 amide bonds. The van der Waals surface area contributed by atoms with E-state index < -0.39 is 35.7 Å². The first kappa shape index (κ1) is 22.9. The standard InChI is InChI=1S/C22H25FN2O5/c1-14(26)24-19(12-15-4-8-17(23)9-5-15)21(27)25-20(22(28)30-3)13-16-6-10-18(29-2)11-7-16/h4-11,19-20H,12-13H2,1-3H3,(H,24,26)(H,25,27)/t19-,20-/m1/s1. The van der Waals surface area contributed by atoms with E-state index >= 15 is 0 Å². The summed E-state index contributed by atoms with van der Waals surface area (Å²) < 4.78 is 23.1. The summed E-state index contributed by atoms with van der Waals surface area (Å²) in [5.74, 6) is -1.28. The first-order valence-corrected chi connectivity index (χ1v) is 9.35. The van der Waals surface area contributed by atoms with Crippen LogP contribution in [0.25, 0.3) is 0 Å². The average Bonchev–Trinajstić information content (AvgIpc) is 2.73. The Balaban J connectivity index is 2.14. The van der Waals surface area contributed by atoms with Crippen molar-refractivity contribution in [1.82, 2.24) is 10.6 Å². The summed E-state index contributed by atoms with van der Waals surface area (Å²) in [6.45, 7) is 1.29. The van der Waals surface area contributed by atoms with Crippen molar-refractivity contribution in [2.45, 2.75) is 31.8 Å². The minimum atomic E-state index is -0.944. The number of hydrogen-bond donors (Lipinski definition) is 2. The van der Waals surface area contributed by atoms with Crippen molar-refractivity contribution < 1.29 is 28.2 Å². The molecule has 0 saturated carbocycles. The van der Waals surface area contributed by atoms with Gasteiger partial charge in [-0.05, 0) is 35.4 Å². The first-order chi connectivity index (χ1) is 14.3. The molecule has 2 aromatic carbocycles.